The minimum atomic E-state index is -0.0780. The van der Waals surface area contributed by atoms with Crippen molar-refractivity contribution in [3.63, 3.8) is 0 Å². The van der Waals surface area contributed by atoms with Crippen LogP contribution in [0.5, 0.6) is 5.75 Å². The summed E-state index contributed by atoms with van der Waals surface area (Å²) >= 11 is 8.09. The molecule has 2 N–H and O–H groups in total. The van der Waals surface area contributed by atoms with E-state index in [1.54, 1.807) is 0 Å². The maximum atomic E-state index is 5.92. The van der Waals surface area contributed by atoms with Crippen molar-refractivity contribution < 1.29 is 4.74 Å². The molecule has 1 aromatic rings. The van der Waals surface area contributed by atoms with E-state index >= 15 is 0 Å². The van der Waals surface area contributed by atoms with Crippen molar-refractivity contribution in [2.24, 2.45) is 5.73 Å². The summed E-state index contributed by atoms with van der Waals surface area (Å²) in [6, 6.07) is 5.62. The van der Waals surface area contributed by atoms with Crippen LogP contribution in [0.4, 0.5) is 0 Å². The standard InChI is InChI=1S/C10H11ClINO.ClH/c11-7-1-2-8(12)9(5-7)14-6-10(13)3-4-10;/h1-2,5H,3-4,6,13H2;1H. The maximum Gasteiger partial charge on any atom is 0.134 e. The van der Waals surface area contributed by atoms with Gasteiger partial charge in [-0.2, -0.15) is 0 Å². The summed E-state index contributed by atoms with van der Waals surface area (Å²) < 4.78 is 6.69. The fourth-order valence-electron chi connectivity index (χ4n) is 1.11. The molecule has 0 aliphatic heterocycles. The first kappa shape index (κ1) is 13.4. The minimum absolute atomic E-state index is 0. The van der Waals surface area contributed by atoms with Crippen molar-refractivity contribution in [2.75, 3.05) is 6.61 Å². The lowest BCUT2D eigenvalue weighted by Crippen LogP contribution is -2.29. The van der Waals surface area contributed by atoms with E-state index in [9.17, 15) is 0 Å². The first-order valence-corrected chi connectivity index (χ1v) is 5.91. The van der Waals surface area contributed by atoms with Crippen molar-refractivity contribution >= 4 is 46.6 Å². The Bertz CT molecular complexity index is 355. The molecule has 1 aromatic carbocycles. The topological polar surface area (TPSA) is 35.2 Å². The second-order valence-corrected chi connectivity index (χ2v) is 5.32. The van der Waals surface area contributed by atoms with Gasteiger partial charge >= 0.3 is 0 Å². The van der Waals surface area contributed by atoms with Crippen LogP contribution in [0.3, 0.4) is 0 Å². The lowest BCUT2D eigenvalue weighted by Gasteiger charge is -2.12. The van der Waals surface area contributed by atoms with Crippen molar-refractivity contribution in [3.05, 3.63) is 26.8 Å². The van der Waals surface area contributed by atoms with Crippen LogP contribution >= 0.6 is 46.6 Å². The molecule has 0 bridgehead atoms. The molecular formula is C10H12Cl2INO. The third kappa shape index (κ3) is 3.66. The average Bonchev–Trinajstić information content (AvgIpc) is 2.87. The zero-order valence-corrected chi connectivity index (χ0v) is 11.7. The Balaban J connectivity index is 0.00000112. The SMILES string of the molecule is Cl.NC1(COc2cc(Cl)ccc2I)CC1. The Kier molecular flexibility index (Phi) is 4.52. The molecule has 0 aromatic heterocycles. The summed E-state index contributed by atoms with van der Waals surface area (Å²) in [4.78, 5) is 0. The van der Waals surface area contributed by atoms with Gasteiger partial charge in [-0.25, -0.2) is 0 Å². The second-order valence-electron chi connectivity index (χ2n) is 3.73. The van der Waals surface area contributed by atoms with Gasteiger partial charge in [0.1, 0.15) is 12.4 Å². The van der Waals surface area contributed by atoms with Crippen LogP contribution in [0, 0.1) is 3.57 Å². The molecule has 1 fully saturated rings. The highest BCUT2D eigenvalue weighted by atomic mass is 127. The second kappa shape index (κ2) is 5.08. The molecular weight excluding hydrogens is 348 g/mol. The maximum absolute atomic E-state index is 5.92. The van der Waals surface area contributed by atoms with Crippen LogP contribution < -0.4 is 10.5 Å². The predicted molar refractivity (Wildman–Crippen MR) is 73.1 cm³/mol. The monoisotopic (exact) mass is 359 g/mol. The highest BCUT2D eigenvalue weighted by Crippen LogP contribution is 2.34. The molecule has 0 radical (unpaired) electrons. The summed E-state index contributed by atoms with van der Waals surface area (Å²) in [6.07, 6.45) is 2.12. The summed E-state index contributed by atoms with van der Waals surface area (Å²) in [6.45, 7) is 0.587. The Morgan fingerprint density at radius 2 is 2.13 bits per heavy atom. The van der Waals surface area contributed by atoms with E-state index in [1.807, 2.05) is 18.2 Å². The Hall–Kier alpha value is 0.290. The smallest absolute Gasteiger partial charge is 0.134 e. The largest absolute Gasteiger partial charge is 0.491 e. The van der Waals surface area contributed by atoms with Gasteiger partial charge in [0.15, 0.2) is 0 Å². The number of hydrogen-bond acceptors (Lipinski definition) is 2. The summed E-state index contributed by atoms with van der Waals surface area (Å²) in [7, 11) is 0. The molecule has 0 unspecified atom stereocenters. The fourth-order valence-corrected chi connectivity index (χ4v) is 1.77. The molecule has 1 aliphatic carbocycles. The first-order valence-electron chi connectivity index (χ1n) is 4.46. The molecule has 5 heteroatoms. The molecule has 84 valence electrons. The van der Waals surface area contributed by atoms with Gasteiger partial charge in [0.25, 0.3) is 0 Å². The zero-order chi connectivity index (χ0) is 10.2. The van der Waals surface area contributed by atoms with Gasteiger partial charge in [-0.1, -0.05) is 11.6 Å². The molecule has 0 atom stereocenters. The lowest BCUT2D eigenvalue weighted by molar-refractivity contribution is 0.277. The summed E-state index contributed by atoms with van der Waals surface area (Å²) in [5.41, 5.74) is 5.84. The lowest BCUT2D eigenvalue weighted by atomic mass is 10.3. The Morgan fingerprint density at radius 1 is 1.47 bits per heavy atom. The quantitative estimate of drug-likeness (QED) is 0.841. The Labute approximate surface area is 114 Å². The highest BCUT2D eigenvalue weighted by Gasteiger charge is 2.39. The van der Waals surface area contributed by atoms with Crippen LogP contribution in [0.2, 0.25) is 5.02 Å². The van der Waals surface area contributed by atoms with Gasteiger partial charge in [-0.15, -0.1) is 12.4 Å². The van der Waals surface area contributed by atoms with Crippen molar-refractivity contribution in [1.29, 1.82) is 0 Å². The van der Waals surface area contributed by atoms with E-state index in [1.165, 1.54) is 0 Å². The molecule has 0 spiro atoms. The van der Waals surface area contributed by atoms with Gasteiger partial charge in [0.05, 0.1) is 9.11 Å². The van der Waals surface area contributed by atoms with E-state index in [0.717, 1.165) is 22.2 Å². The number of nitrogens with two attached hydrogens (primary N) is 1. The fraction of sp³-hybridized carbons (Fsp3) is 0.400. The van der Waals surface area contributed by atoms with Gasteiger partial charge in [-0.05, 0) is 53.6 Å². The number of rotatable bonds is 3. The van der Waals surface area contributed by atoms with Crippen LogP contribution in [-0.4, -0.2) is 12.1 Å². The zero-order valence-electron chi connectivity index (χ0n) is 8.00. The van der Waals surface area contributed by atoms with E-state index in [2.05, 4.69) is 22.6 Å². The first-order chi connectivity index (χ1) is 6.59. The molecule has 0 amide bonds. The number of benzene rings is 1. The molecule has 2 nitrogen and oxygen atoms in total. The van der Waals surface area contributed by atoms with Crippen LogP contribution in [0.1, 0.15) is 12.8 Å². The molecule has 0 heterocycles. The van der Waals surface area contributed by atoms with E-state index in [0.29, 0.717) is 11.6 Å². The van der Waals surface area contributed by atoms with Gasteiger partial charge in [0.2, 0.25) is 0 Å². The molecule has 0 saturated heterocycles. The van der Waals surface area contributed by atoms with Crippen molar-refractivity contribution in [3.8, 4) is 5.75 Å². The average molecular weight is 360 g/mol. The third-order valence-electron chi connectivity index (χ3n) is 2.30. The summed E-state index contributed by atoms with van der Waals surface area (Å²) in [5.74, 6) is 0.829. The normalized spacial score (nSPS) is 16.7. The minimum Gasteiger partial charge on any atom is -0.491 e. The van der Waals surface area contributed by atoms with Crippen LogP contribution in [0.25, 0.3) is 0 Å². The molecule has 2 rings (SSSR count). The van der Waals surface area contributed by atoms with Crippen LogP contribution in [-0.2, 0) is 0 Å². The van der Waals surface area contributed by atoms with E-state index in [-0.39, 0.29) is 17.9 Å². The summed E-state index contributed by atoms with van der Waals surface area (Å²) in [5, 5.41) is 0.697. The van der Waals surface area contributed by atoms with Gasteiger partial charge < -0.3 is 10.5 Å². The highest BCUT2D eigenvalue weighted by molar-refractivity contribution is 14.1. The van der Waals surface area contributed by atoms with E-state index in [4.69, 9.17) is 22.1 Å². The van der Waals surface area contributed by atoms with Crippen molar-refractivity contribution in [2.45, 2.75) is 18.4 Å². The molecule has 1 aliphatic rings. The van der Waals surface area contributed by atoms with Crippen LogP contribution in [0.15, 0.2) is 18.2 Å². The van der Waals surface area contributed by atoms with Crippen molar-refractivity contribution in [1.82, 2.24) is 0 Å². The van der Waals surface area contributed by atoms with Gasteiger partial charge in [0, 0.05) is 5.02 Å². The molecule has 15 heavy (non-hydrogen) atoms. The van der Waals surface area contributed by atoms with Gasteiger partial charge in [-0.3, -0.25) is 0 Å². The molecule has 1 saturated carbocycles. The third-order valence-corrected chi connectivity index (χ3v) is 3.43. The predicted octanol–water partition coefficient (Wildman–Crippen LogP) is 3.24. The van der Waals surface area contributed by atoms with E-state index < -0.39 is 0 Å². The Morgan fingerprint density at radius 3 is 2.73 bits per heavy atom. The number of ether oxygens (including phenoxy) is 1. The number of hydrogen-bond donors (Lipinski definition) is 1. The number of halogens is 3.